The van der Waals surface area contributed by atoms with Crippen LogP contribution in [0.1, 0.15) is 37.0 Å². The number of amides is 1. The van der Waals surface area contributed by atoms with E-state index in [4.69, 9.17) is 27.9 Å². The van der Waals surface area contributed by atoms with Gasteiger partial charge in [0.05, 0.1) is 25.3 Å². The van der Waals surface area contributed by atoms with Crippen molar-refractivity contribution >= 4 is 52.3 Å². The average Bonchev–Trinajstić information content (AvgIpc) is 3.62. The minimum absolute atomic E-state index is 0.174. The van der Waals surface area contributed by atoms with Crippen LogP contribution in [0, 0.1) is 5.82 Å². The van der Waals surface area contributed by atoms with Crippen LogP contribution in [0.2, 0.25) is 9.36 Å². The van der Waals surface area contributed by atoms with E-state index in [0.717, 1.165) is 27.1 Å². The van der Waals surface area contributed by atoms with Gasteiger partial charge in [-0.05, 0) is 60.2 Å². The van der Waals surface area contributed by atoms with Crippen molar-refractivity contribution in [2.45, 2.75) is 31.3 Å². The summed E-state index contributed by atoms with van der Waals surface area (Å²) in [7, 11) is 0. The van der Waals surface area contributed by atoms with Crippen molar-refractivity contribution in [2.75, 3.05) is 5.32 Å². The number of carboxylic acids is 1. The molecule has 1 aromatic heterocycles. The van der Waals surface area contributed by atoms with Crippen LogP contribution >= 0.6 is 34.5 Å². The molecule has 5 rings (SSSR count). The highest BCUT2D eigenvalue weighted by atomic mass is 35.5. The van der Waals surface area contributed by atoms with Crippen LogP contribution < -0.4 is 5.32 Å². The number of carbonyl (C=O) groups is 2. The monoisotopic (exact) mass is 569 g/mol. The fourth-order valence-corrected chi connectivity index (χ4v) is 5.92. The van der Waals surface area contributed by atoms with Crippen molar-refractivity contribution in [3.63, 3.8) is 0 Å². The van der Waals surface area contributed by atoms with Gasteiger partial charge in [0.25, 0.3) is 0 Å². The Morgan fingerprint density at radius 3 is 2.16 bits per heavy atom. The third kappa shape index (κ3) is 5.27. The molecule has 1 aliphatic carbocycles. The second kappa shape index (κ2) is 10.4. The van der Waals surface area contributed by atoms with E-state index >= 15 is 0 Å². The number of benzene rings is 3. The Morgan fingerprint density at radius 2 is 1.58 bits per heavy atom. The quantitative estimate of drug-likeness (QED) is 0.233. The van der Waals surface area contributed by atoms with Crippen LogP contribution in [0.5, 0.6) is 0 Å². The van der Waals surface area contributed by atoms with Crippen LogP contribution in [-0.2, 0) is 14.9 Å². The molecule has 3 aromatic carbocycles. The number of rotatable bonds is 7. The molecule has 4 aromatic rings. The predicted octanol–water partition coefficient (Wildman–Crippen LogP) is 8.95. The molecule has 1 fully saturated rings. The maximum absolute atomic E-state index is 13.3. The Kier molecular flexibility index (Phi) is 7.18. The Balaban J connectivity index is 1.30. The van der Waals surface area contributed by atoms with Crippen molar-refractivity contribution < 1.29 is 23.8 Å². The van der Waals surface area contributed by atoms with E-state index in [0.29, 0.717) is 28.4 Å². The fraction of sp³-hybridized carbons (Fsp3) is 0.172. The van der Waals surface area contributed by atoms with E-state index in [1.165, 1.54) is 29.5 Å². The molecule has 1 heterocycles. The molecule has 9 heteroatoms. The highest BCUT2D eigenvalue weighted by Crippen LogP contribution is 2.48. The molecule has 1 aliphatic rings. The van der Waals surface area contributed by atoms with Gasteiger partial charge in [-0.3, -0.25) is 10.1 Å². The van der Waals surface area contributed by atoms with Crippen molar-refractivity contribution in [3.05, 3.63) is 99.1 Å². The first-order valence-corrected chi connectivity index (χ1v) is 13.4. The highest BCUT2D eigenvalue weighted by Gasteiger charge is 2.51. The molecular weight excluding hydrogens is 548 g/mol. The molecule has 1 amide bonds. The lowest BCUT2D eigenvalue weighted by Crippen LogP contribution is -2.19. The van der Waals surface area contributed by atoms with Gasteiger partial charge in [-0.2, -0.15) is 0 Å². The molecule has 38 heavy (non-hydrogen) atoms. The summed E-state index contributed by atoms with van der Waals surface area (Å²) in [5, 5.41) is 12.4. The van der Waals surface area contributed by atoms with E-state index in [1.54, 1.807) is 13.0 Å². The fourth-order valence-electron chi connectivity index (χ4n) is 4.41. The lowest BCUT2D eigenvalue weighted by molar-refractivity contribution is -0.140. The molecule has 2 N–H and O–H groups in total. The van der Waals surface area contributed by atoms with Gasteiger partial charge in [-0.15, -0.1) is 11.3 Å². The Hall–Kier alpha value is -3.39. The number of aliphatic carboxylic acids is 1. The summed E-state index contributed by atoms with van der Waals surface area (Å²) in [6.45, 7) is 1.65. The Bertz CT molecular complexity index is 1510. The zero-order chi connectivity index (χ0) is 27.0. The summed E-state index contributed by atoms with van der Waals surface area (Å²) in [5.74, 6) is -1.24. The third-order valence-corrected chi connectivity index (χ3v) is 8.34. The van der Waals surface area contributed by atoms with Gasteiger partial charge < -0.3 is 9.84 Å². The molecule has 0 spiro atoms. The molecular formula is C29H22Cl2FNO4S. The molecule has 0 aliphatic heterocycles. The number of ether oxygens (including phenoxy) is 1. The number of nitrogens with one attached hydrogen (secondary N) is 1. The van der Waals surface area contributed by atoms with E-state index in [2.05, 4.69) is 5.32 Å². The summed E-state index contributed by atoms with van der Waals surface area (Å²) in [6.07, 6.45) is -0.0535. The number of hydrogen-bond acceptors (Lipinski definition) is 4. The zero-order valence-electron chi connectivity index (χ0n) is 20.1. The number of carbonyl (C=O) groups excluding carboxylic acids is 1. The summed E-state index contributed by atoms with van der Waals surface area (Å²) < 4.78 is 19.3. The minimum atomic E-state index is -0.772. The number of thiophene rings is 1. The third-order valence-electron chi connectivity index (χ3n) is 6.70. The SMILES string of the molecule is CC(OC(=O)Nc1cc(Cl)sc1-c1ccc(-c2ccc(C3(C(=O)O)CC3)cc2)cc1)c1ccc(F)cc1Cl. The largest absolute Gasteiger partial charge is 0.481 e. The van der Waals surface area contributed by atoms with E-state index in [-0.39, 0.29) is 5.02 Å². The summed E-state index contributed by atoms with van der Waals surface area (Å²) in [4.78, 5) is 25.0. The van der Waals surface area contributed by atoms with Crippen molar-refractivity contribution in [1.82, 2.24) is 0 Å². The van der Waals surface area contributed by atoms with Gasteiger partial charge in [0.15, 0.2) is 0 Å². The molecule has 194 valence electrons. The Labute approximate surface area is 232 Å². The first-order valence-electron chi connectivity index (χ1n) is 11.8. The molecule has 5 nitrogen and oxygen atoms in total. The summed E-state index contributed by atoms with van der Waals surface area (Å²) >= 11 is 13.7. The van der Waals surface area contributed by atoms with E-state index in [1.807, 2.05) is 48.5 Å². The maximum Gasteiger partial charge on any atom is 0.412 e. The molecule has 1 unspecified atom stereocenters. The van der Waals surface area contributed by atoms with Crippen LogP contribution in [0.4, 0.5) is 14.9 Å². The first kappa shape index (κ1) is 26.2. The van der Waals surface area contributed by atoms with Crippen LogP contribution in [0.25, 0.3) is 21.6 Å². The number of anilines is 1. The molecule has 0 radical (unpaired) electrons. The maximum atomic E-state index is 13.3. The highest BCUT2D eigenvalue weighted by molar-refractivity contribution is 7.20. The molecule has 1 atom stereocenters. The van der Waals surface area contributed by atoms with E-state index < -0.39 is 29.4 Å². The standard InChI is InChI=1S/C29H22Cl2FNO4S/c1-16(22-11-10-21(32)14-23(22)30)37-28(36)33-24-15-25(31)38-26(24)19-4-2-17(3-5-19)18-6-8-20(9-7-18)29(12-13-29)27(34)35/h2-11,14-16H,12-13H2,1H3,(H,33,36)(H,34,35). The van der Waals surface area contributed by atoms with Crippen molar-refractivity contribution in [1.29, 1.82) is 0 Å². The summed E-state index contributed by atoms with van der Waals surface area (Å²) in [5.41, 5.74) is 3.90. The van der Waals surface area contributed by atoms with Gasteiger partial charge >= 0.3 is 12.1 Å². The number of halogens is 3. The first-order chi connectivity index (χ1) is 18.2. The predicted molar refractivity (Wildman–Crippen MR) is 149 cm³/mol. The van der Waals surface area contributed by atoms with Gasteiger partial charge in [-0.1, -0.05) is 77.8 Å². The van der Waals surface area contributed by atoms with E-state index in [9.17, 15) is 19.1 Å². The number of hydrogen-bond donors (Lipinski definition) is 2. The lowest BCUT2D eigenvalue weighted by Gasteiger charge is -2.16. The Morgan fingerprint density at radius 1 is 0.974 bits per heavy atom. The summed E-state index contributed by atoms with van der Waals surface area (Å²) in [6, 6.07) is 21.0. The second-order valence-electron chi connectivity index (χ2n) is 9.17. The molecule has 0 bridgehead atoms. The van der Waals surface area contributed by atoms with Crippen molar-refractivity contribution in [3.8, 4) is 21.6 Å². The van der Waals surface area contributed by atoms with Gasteiger partial charge in [0, 0.05) is 5.56 Å². The second-order valence-corrected chi connectivity index (χ2v) is 11.3. The van der Waals surface area contributed by atoms with Crippen LogP contribution in [-0.4, -0.2) is 17.2 Å². The zero-order valence-corrected chi connectivity index (χ0v) is 22.5. The normalized spacial score (nSPS) is 14.5. The van der Waals surface area contributed by atoms with Crippen LogP contribution in [0.15, 0.2) is 72.8 Å². The topological polar surface area (TPSA) is 75.6 Å². The van der Waals surface area contributed by atoms with Crippen LogP contribution in [0.3, 0.4) is 0 Å². The smallest absolute Gasteiger partial charge is 0.412 e. The van der Waals surface area contributed by atoms with Gasteiger partial charge in [-0.25, -0.2) is 9.18 Å². The number of carboxylic acid groups (broad SMARTS) is 1. The average molecular weight is 570 g/mol. The van der Waals surface area contributed by atoms with Gasteiger partial charge in [0.2, 0.25) is 0 Å². The van der Waals surface area contributed by atoms with Gasteiger partial charge in [0.1, 0.15) is 11.9 Å². The lowest BCUT2D eigenvalue weighted by atomic mass is 9.93. The minimum Gasteiger partial charge on any atom is -0.481 e. The van der Waals surface area contributed by atoms with Crippen molar-refractivity contribution in [2.24, 2.45) is 0 Å². The molecule has 1 saturated carbocycles. The molecule has 0 saturated heterocycles.